The fourth-order valence-corrected chi connectivity index (χ4v) is 3.03. The van der Waals surface area contributed by atoms with Gasteiger partial charge < -0.3 is 9.42 Å². The van der Waals surface area contributed by atoms with Crippen LogP contribution in [0.4, 0.5) is 0 Å². The highest BCUT2D eigenvalue weighted by atomic mass is 16.5. The number of likely N-dealkylation sites (tertiary alicyclic amines) is 1. The molecule has 0 aromatic carbocycles. The Balaban J connectivity index is 1.41. The Bertz CT molecular complexity index is 780. The molecule has 0 N–H and O–H groups in total. The van der Waals surface area contributed by atoms with Gasteiger partial charge in [0.05, 0.1) is 5.56 Å². The van der Waals surface area contributed by atoms with Gasteiger partial charge in [-0.3, -0.25) is 9.78 Å². The highest BCUT2D eigenvalue weighted by Gasteiger charge is 2.36. The number of carbonyl (C=O) groups excluding carboxylic acids is 1. The van der Waals surface area contributed by atoms with Crippen LogP contribution in [0, 0.1) is 17.2 Å². The predicted octanol–water partition coefficient (Wildman–Crippen LogP) is 2.12. The first-order valence-corrected chi connectivity index (χ1v) is 8.23. The lowest BCUT2D eigenvalue weighted by Gasteiger charge is -2.30. The molecule has 2 aromatic rings. The number of nitrogens with zero attached hydrogens (tertiary/aromatic N) is 5. The topological polar surface area (TPSA) is 95.9 Å². The highest BCUT2D eigenvalue weighted by Crippen LogP contribution is 2.34. The number of hydrogen-bond donors (Lipinski definition) is 0. The Kier molecular flexibility index (Phi) is 3.73. The molecule has 2 fully saturated rings. The van der Waals surface area contributed by atoms with Crippen molar-refractivity contribution in [3.63, 3.8) is 0 Å². The molecule has 3 heterocycles. The van der Waals surface area contributed by atoms with E-state index in [0.29, 0.717) is 28.9 Å². The van der Waals surface area contributed by atoms with E-state index in [1.807, 2.05) is 11.0 Å². The summed E-state index contributed by atoms with van der Waals surface area (Å²) in [4.78, 5) is 22.7. The quantitative estimate of drug-likeness (QED) is 0.858. The number of aromatic nitrogens is 3. The third-order valence-corrected chi connectivity index (χ3v) is 4.65. The van der Waals surface area contributed by atoms with E-state index in [0.717, 1.165) is 38.8 Å². The first-order valence-electron chi connectivity index (χ1n) is 8.23. The molecule has 24 heavy (non-hydrogen) atoms. The molecule has 1 aliphatic heterocycles. The SMILES string of the molecule is N#Cc1ccc(-c2noc(C3CCN(C(=O)C4CC4)CC3)n2)nc1. The second-order valence-electron chi connectivity index (χ2n) is 6.37. The standard InChI is InChI=1S/C17H17N5O2/c18-9-11-1-4-14(19-10-11)15-20-16(24-21-15)12-5-7-22(8-6-12)17(23)13-2-3-13/h1,4,10,12-13H,2-3,5-8H2. The molecule has 7 heteroatoms. The van der Waals surface area contributed by atoms with Crippen LogP contribution in [-0.2, 0) is 4.79 Å². The molecule has 0 spiro atoms. The van der Waals surface area contributed by atoms with E-state index in [-0.39, 0.29) is 11.8 Å². The summed E-state index contributed by atoms with van der Waals surface area (Å²) in [6.45, 7) is 1.51. The average Bonchev–Trinajstić information content (AvgIpc) is 3.38. The van der Waals surface area contributed by atoms with Crippen molar-refractivity contribution in [2.75, 3.05) is 13.1 Å². The number of carbonyl (C=O) groups is 1. The summed E-state index contributed by atoms with van der Waals surface area (Å²) in [7, 11) is 0. The van der Waals surface area contributed by atoms with Crippen LogP contribution in [-0.4, -0.2) is 39.0 Å². The largest absolute Gasteiger partial charge is 0.342 e. The van der Waals surface area contributed by atoms with E-state index < -0.39 is 0 Å². The summed E-state index contributed by atoms with van der Waals surface area (Å²) in [5.41, 5.74) is 1.08. The Labute approximate surface area is 139 Å². The van der Waals surface area contributed by atoms with Gasteiger partial charge in [0.2, 0.25) is 17.6 Å². The smallest absolute Gasteiger partial charge is 0.230 e. The van der Waals surface area contributed by atoms with E-state index in [2.05, 4.69) is 15.1 Å². The summed E-state index contributed by atoms with van der Waals surface area (Å²) in [6, 6.07) is 5.42. The summed E-state index contributed by atoms with van der Waals surface area (Å²) in [5, 5.41) is 12.8. The Morgan fingerprint density at radius 3 is 2.67 bits per heavy atom. The van der Waals surface area contributed by atoms with Crippen LogP contribution >= 0.6 is 0 Å². The monoisotopic (exact) mass is 323 g/mol. The lowest BCUT2D eigenvalue weighted by molar-refractivity contribution is -0.133. The van der Waals surface area contributed by atoms with Crippen molar-refractivity contribution in [3.05, 3.63) is 29.8 Å². The lowest BCUT2D eigenvalue weighted by Crippen LogP contribution is -2.38. The summed E-state index contributed by atoms with van der Waals surface area (Å²) < 4.78 is 5.40. The molecular formula is C17H17N5O2. The van der Waals surface area contributed by atoms with Gasteiger partial charge in [-0.15, -0.1) is 0 Å². The van der Waals surface area contributed by atoms with Crippen LogP contribution < -0.4 is 0 Å². The van der Waals surface area contributed by atoms with Crippen molar-refractivity contribution < 1.29 is 9.32 Å². The summed E-state index contributed by atoms with van der Waals surface area (Å²) >= 11 is 0. The third-order valence-electron chi connectivity index (χ3n) is 4.65. The zero-order valence-corrected chi connectivity index (χ0v) is 13.2. The average molecular weight is 323 g/mol. The number of pyridine rings is 1. The molecule has 1 saturated heterocycles. The van der Waals surface area contributed by atoms with Gasteiger partial charge in [-0.2, -0.15) is 10.2 Å². The van der Waals surface area contributed by atoms with Crippen molar-refractivity contribution in [3.8, 4) is 17.6 Å². The predicted molar refractivity (Wildman–Crippen MR) is 83.5 cm³/mol. The van der Waals surface area contributed by atoms with Gasteiger partial charge in [0, 0.05) is 31.1 Å². The number of hydrogen-bond acceptors (Lipinski definition) is 6. The number of piperidine rings is 1. The second kappa shape index (κ2) is 6.04. The molecular weight excluding hydrogens is 306 g/mol. The minimum absolute atomic E-state index is 0.188. The fraction of sp³-hybridized carbons (Fsp3) is 0.471. The maximum Gasteiger partial charge on any atom is 0.230 e. The molecule has 122 valence electrons. The lowest BCUT2D eigenvalue weighted by atomic mass is 9.96. The van der Waals surface area contributed by atoms with Crippen molar-refractivity contribution >= 4 is 5.91 Å². The molecule has 0 unspecified atom stereocenters. The molecule has 0 radical (unpaired) electrons. The van der Waals surface area contributed by atoms with Crippen LogP contribution in [0.1, 0.15) is 43.1 Å². The first-order chi connectivity index (χ1) is 11.7. The van der Waals surface area contributed by atoms with Crippen LogP contribution in [0.15, 0.2) is 22.9 Å². The van der Waals surface area contributed by atoms with E-state index in [4.69, 9.17) is 9.78 Å². The molecule has 0 atom stereocenters. The Hall–Kier alpha value is -2.75. The molecule has 0 bridgehead atoms. The van der Waals surface area contributed by atoms with Gasteiger partial charge in [-0.25, -0.2) is 0 Å². The van der Waals surface area contributed by atoms with Gasteiger partial charge in [-0.05, 0) is 37.8 Å². The van der Waals surface area contributed by atoms with E-state index in [1.54, 1.807) is 12.1 Å². The number of nitriles is 1. The zero-order chi connectivity index (χ0) is 16.5. The van der Waals surface area contributed by atoms with E-state index in [1.165, 1.54) is 6.20 Å². The Morgan fingerprint density at radius 2 is 2.04 bits per heavy atom. The minimum atomic E-state index is 0.188. The number of rotatable bonds is 3. The van der Waals surface area contributed by atoms with Crippen molar-refractivity contribution in [1.29, 1.82) is 5.26 Å². The molecule has 4 rings (SSSR count). The second-order valence-corrected chi connectivity index (χ2v) is 6.37. The normalized spacial score (nSPS) is 18.4. The van der Waals surface area contributed by atoms with Crippen LogP contribution in [0.2, 0.25) is 0 Å². The Morgan fingerprint density at radius 1 is 1.25 bits per heavy atom. The third kappa shape index (κ3) is 2.87. The van der Waals surface area contributed by atoms with E-state index in [9.17, 15) is 4.79 Å². The van der Waals surface area contributed by atoms with Crippen LogP contribution in [0.5, 0.6) is 0 Å². The summed E-state index contributed by atoms with van der Waals surface area (Å²) in [6.07, 6.45) is 5.28. The summed E-state index contributed by atoms with van der Waals surface area (Å²) in [5.74, 6) is 1.81. The fourth-order valence-electron chi connectivity index (χ4n) is 3.03. The molecule has 1 saturated carbocycles. The van der Waals surface area contributed by atoms with Crippen molar-refractivity contribution in [2.45, 2.75) is 31.6 Å². The van der Waals surface area contributed by atoms with Crippen LogP contribution in [0.3, 0.4) is 0 Å². The molecule has 2 aliphatic rings. The van der Waals surface area contributed by atoms with Gasteiger partial charge in [0.1, 0.15) is 11.8 Å². The maximum atomic E-state index is 12.1. The molecule has 2 aromatic heterocycles. The van der Waals surface area contributed by atoms with Gasteiger partial charge >= 0.3 is 0 Å². The van der Waals surface area contributed by atoms with Gasteiger partial charge in [0.25, 0.3) is 0 Å². The van der Waals surface area contributed by atoms with Crippen molar-refractivity contribution in [1.82, 2.24) is 20.0 Å². The van der Waals surface area contributed by atoms with Crippen molar-refractivity contribution in [2.24, 2.45) is 5.92 Å². The minimum Gasteiger partial charge on any atom is -0.342 e. The molecule has 1 amide bonds. The van der Waals surface area contributed by atoms with E-state index >= 15 is 0 Å². The number of amides is 1. The van der Waals surface area contributed by atoms with Gasteiger partial charge in [-0.1, -0.05) is 5.16 Å². The first kappa shape index (κ1) is 14.8. The van der Waals surface area contributed by atoms with Crippen LogP contribution in [0.25, 0.3) is 11.5 Å². The molecule has 7 nitrogen and oxygen atoms in total. The molecule has 1 aliphatic carbocycles. The highest BCUT2D eigenvalue weighted by molar-refractivity contribution is 5.81. The zero-order valence-electron chi connectivity index (χ0n) is 13.2. The maximum absolute atomic E-state index is 12.1. The van der Waals surface area contributed by atoms with Gasteiger partial charge in [0.15, 0.2) is 0 Å².